The van der Waals surface area contributed by atoms with E-state index in [-0.39, 0.29) is 0 Å². The number of nitrogens with two attached hydrogens (primary N) is 1. The van der Waals surface area contributed by atoms with Crippen LogP contribution in [0.1, 0.15) is 17.1 Å². The monoisotopic (exact) mass is 242 g/mol. The van der Waals surface area contributed by atoms with Gasteiger partial charge in [-0.1, -0.05) is 12.1 Å². The minimum Gasteiger partial charge on any atom is -0.354 e. The molecule has 0 spiro atoms. The Kier molecular flexibility index (Phi) is 3.89. The molecule has 0 fully saturated rings. The van der Waals surface area contributed by atoms with Crippen molar-refractivity contribution < 1.29 is 0 Å². The quantitative estimate of drug-likeness (QED) is 0.889. The Morgan fingerprint density at radius 2 is 1.78 bits per heavy atom. The summed E-state index contributed by atoms with van der Waals surface area (Å²) in [5.41, 5.74) is 8.57. The van der Waals surface area contributed by atoms with Crippen molar-refractivity contribution in [2.45, 2.75) is 20.0 Å². The first kappa shape index (κ1) is 12.5. The molecule has 2 heterocycles. The second-order valence-electron chi connectivity index (χ2n) is 4.32. The first-order valence-electron chi connectivity index (χ1n) is 5.98. The lowest BCUT2D eigenvalue weighted by molar-refractivity contribution is 0.848. The molecule has 2 aromatic rings. The number of anilines is 1. The molecule has 0 aliphatic carbocycles. The molecule has 18 heavy (non-hydrogen) atoms. The standard InChI is InChI=1S/C14H18N4/c1-11-5-3-7-13(16-11)10-18(2)14-8-4-6-12(9-15)17-14/h3-8H,9-10,15H2,1-2H3. The molecule has 0 unspecified atom stereocenters. The molecule has 0 saturated heterocycles. The zero-order chi connectivity index (χ0) is 13.0. The molecule has 4 nitrogen and oxygen atoms in total. The summed E-state index contributed by atoms with van der Waals surface area (Å²) in [7, 11) is 2.01. The van der Waals surface area contributed by atoms with Gasteiger partial charge in [0.05, 0.1) is 17.9 Å². The Morgan fingerprint density at radius 1 is 1.06 bits per heavy atom. The number of aryl methyl sites for hydroxylation is 1. The Bertz CT molecular complexity index is 525. The molecule has 2 rings (SSSR count). The number of rotatable bonds is 4. The fourth-order valence-corrected chi connectivity index (χ4v) is 1.80. The fraction of sp³-hybridized carbons (Fsp3) is 0.286. The first-order chi connectivity index (χ1) is 8.69. The molecular formula is C14H18N4. The summed E-state index contributed by atoms with van der Waals surface area (Å²) in [6.07, 6.45) is 0. The highest BCUT2D eigenvalue weighted by atomic mass is 15.2. The van der Waals surface area contributed by atoms with E-state index in [9.17, 15) is 0 Å². The van der Waals surface area contributed by atoms with Crippen molar-refractivity contribution >= 4 is 5.82 Å². The van der Waals surface area contributed by atoms with E-state index in [1.807, 2.05) is 50.4 Å². The van der Waals surface area contributed by atoms with Gasteiger partial charge in [0.2, 0.25) is 0 Å². The van der Waals surface area contributed by atoms with Gasteiger partial charge in [-0.05, 0) is 31.2 Å². The van der Waals surface area contributed by atoms with Gasteiger partial charge in [0, 0.05) is 19.3 Å². The average Bonchev–Trinajstić information content (AvgIpc) is 2.39. The molecule has 2 aromatic heterocycles. The zero-order valence-corrected chi connectivity index (χ0v) is 10.8. The van der Waals surface area contributed by atoms with E-state index in [1.54, 1.807) is 0 Å². The van der Waals surface area contributed by atoms with Crippen LogP contribution in [0, 0.1) is 6.92 Å². The minimum absolute atomic E-state index is 0.463. The maximum atomic E-state index is 5.60. The van der Waals surface area contributed by atoms with Gasteiger partial charge in [0.15, 0.2) is 0 Å². The van der Waals surface area contributed by atoms with Crippen LogP contribution in [0.3, 0.4) is 0 Å². The highest BCUT2D eigenvalue weighted by molar-refractivity contribution is 5.38. The van der Waals surface area contributed by atoms with Crippen LogP contribution in [0.2, 0.25) is 0 Å². The number of aromatic nitrogens is 2. The second kappa shape index (κ2) is 5.60. The van der Waals surface area contributed by atoms with Gasteiger partial charge in [0.25, 0.3) is 0 Å². The van der Waals surface area contributed by atoms with E-state index in [1.165, 1.54) is 0 Å². The van der Waals surface area contributed by atoms with E-state index in [4.69, 9.17) is 5.73 Å². The number of nitrogens with zero attached hydrogens (tertiary/aromatic N) is 3. The van der Waals surface area contributed by atoms with E-state index in [0.717, 1.165) is 29.4 Å². The molecule has 0 amide bonds. The second-order valence-corrected chi connectivity index (χ2v) is 4.32. The molecule has 0 aromatic carbocycles. The smallest absolute Gasteiger partial charge is 0.128 e. The Labute approximate surface area is 107 Å². The lowest BCUT2D eigenvalue weighted by Crippen LogP contribution is -2.19. The fourth-order valence-electron chi connectivity index (χ4n) is 1.80. The SMILES string of the molecule is Cc1cccc(CN(C)c2cccc(CN)n2)n1. The normalized spacial score (nSPS) is 10.4. The van der Waals surface area contributed by atoms with Crippen LogP contribution in [0.4, 0.5) is 5.82 Å². The van der Waals surface area contributed by atoms with Crippen molar-refractivity contribution in [1.82, 2.24) is 9.97 Å². The average molecular weight is 242 g/mol. The molecule has 4 heteroatoms. The van der Waals surface area contributed by atoms with Crippen molar-refractivity contribution in [3.05, 3.63) is 53.5 Å². The van der Waals surface area contributed by atoms with Crippen molar-refractivity contribution in [2.75, 3.05) is 11.9 Å². The van der Waals surface area contributed by atoms with E-state index >= 15 is 0 Å². The molecule has 2 N–H and O–H groups in total. The molecular weight excluding hydrogens is 224 g/mol. The van der Waals surface area contributed by atoms with Crippen molar-refractivity contribution in [3.63, 3.8) is 0 Å². The van der Waals surface area contributed by atoms with Gasteiger partial charge in [-0.2, -0.15) is 0 Å². The molecule has 0 bridgehead atoms. The molecule has 0 saturated carbocycles. The van der Waals surface area contributed by atoms with E-state index in [0.29, 0.717) is 6.54 Å². The summed E-state index contributed by atoms with van der Waals surface area (Å²) in [4.78, 5) is 11.0. The van der Waals surface area contributed by atoms with Gasteiger partial charge in [-0.3, -0.25) is 4.98 Å². The summed E-state index contributed by atoms with van der Waals surface area (Å²) in [5, 5.41) is 0. The summed E-state index contributed by atoms with van der Waals surface area (Å²) in [6, 6.07) is 11.9. The predicted octanol–water partition coefficient (Wildman–Crippen LogP) is 1.88. The van der Waals surface area contributed by atoms with Gasteiger partial charge in [-0.15, -0.1) is 0 Å². The summed E-state index contributed by atoms with van der Waals surface area (Å²) >= 11 is 0. The van der Waals surface area contributed by atoms with Crippen LogP contribution in [0.5, 0.6) is 0 Å². The lowest BCUT2D eigenvalue weighted by atomic mass is 10.3. The molecule has 0 aliphatic heterocycles. The van der Waals surface area contributed by atoms with Crippen LogP contribution in [0.15, 0.2) is 36.4 Å². The van der Waals surface area contributed by atoms with Gasteiger partial charge in [-0.25, -0.2) is 4.98 Å². The maximum absolute atomic E-state index is 5.60. The van der Waals surface area contributed by atoms with E-state index < -0.39 is 0 Å². The third-order valence-corrected chi connectivity index (χ3v) is 2.74. The third kappa shape index (κ3) is 3.05. The summed E-state index contributed by atoms with van der Waals surface area (Å²) in [5.74, 6) is 0.918. The molecule has 0 aliphatic rings. The molecule has 0 atom stereocenters. The van der Waals surface area contributed by atoms with Crippen LogP contribution >= 0.6 is 0 Å². The van der Waals surface area contributed by atoms with Crippen molar-refractivity contribution in [1.29, 1.82) is 0 Å². The Hall–Kier alpha value is -1.94. The largest absolute Gasteiger partial charge is 0.354 e. The third-order valence-electron chi connectivity index (χ3n) is 2.74. The van der Waals surface area contributed by atoms with Crippen LogP contribution < -0.4 is 10.6 Å². The number of pyridine rings is 2. The summed E-state index contributed by atoms with van der Waals surface area (Å²) < 4.78 is 0. The minimum atomic E-state index is 0.463. The highest BCUT2D eigenvalue weighted by Gasteiger charge is 2.05. The van der Waals surface area contributed by atoms with Crippen molar-refractivity contribution in [2.24, 2.45) is 5.73 Å². The van der Waals surface area contributed by atoms with Gasteiger partial charge < -0.3 is 10.6 Å². The Morgan fingerprint density at radius 3 is 2.50 bits per heavy atom. The number of hydrogen-bond donors (Lipinski definition) is 1. The maximum Gasteiger partial charge on any atom is 0.128 e. The first-order valence-corrected chi connectivity index (χ1v) is 5.98. The molecule has 0 radical (unpaired) electrons. The summed E-state index contributed by atoms with van der Waals surface area (Å²) in [6.45, 7) is 3.20. The lowest BCUT2D eigenvalue weighted by Gasteiger charge is -2.18. The van der Waals surface area contributed by atoms with Crippen LogP contribution in [-0.2, 0) is 13.1 Å². The number of hydrogen-bond acceptors (Lipinski definition) is 4. The van der Waals surface area contributed by atoms with Crippen LogP contribution in [-0.4, -0.2) is 17.0 Å². The van der Waals surface area contributed by atoms with E-state index in [2.05, 4.69) is 14.9 Å². The van der Waals surface area contributed by atoms with Crippen molar-refractivity contribution in [3.8, 4) is 0 Å². The topological polar surface area (TPSA) is 55.0 Å². The Balaban J connectivity index is 2.13. The van der Waals surface area contributed by atoms with Gasteiger partial charge >= 0.3 is 0 Å². The molecule has 94 valence electrons. The highest BCUT2D eigenvalue weighted by Crippen LogP contribution is 2.12. The van der Waals surface area contributed by atoms with Gasteiger partial charge in [0.1, 0.15) is 5.82 Å². The zero-order valence-electron chi connectivity index (χ0n) is 10.8. The predicted molar refractivity (Wildman–Crippen MR) is 73.2 cm³/mol. The van der Waals surface area contributed by atoms with Crippen LogP contribution in [0.25, 0.3) is 0 Å².